The molecule has 0 aliphatic heterocycles. The van der Waals surface area contributed by atoms with Gasteiger partial charge in [0, 0.05) is 12.6 Å². The van der Waals surface area contributed by atoms with Crippen LogP contribution in [0.1, 0.15) is 23.6 Å². The Labute approximate surface area is 146 Å². The zero-order valence-corrected chi connectivity index (χ0v) is 15.4. The molecule has 3 rings (SSSR count). The van der Waals surface area contributed by atoms with Crippen molar-refractivity contribution in [2.45, 2.75) is 39.1 Å². The van der Waals surface area contributed by atoms with Crippen LogP contribution in [-0.2, 0) is 16.6 Å². The molecule has 2 aromatic carbocycles. The number of nitrogens with one attached hydrogen (secondary N) is 1. The van der Waals surface area contributed by atoms with E-state index in [0.717, 1.165) is 11.1 Å². The highest BCUT2D eigenvalue weighted by molar-refractivity contribution is 7.92. The lowest BCUT2D eigenvalue weighted by Crippen LogP contribution is -2.15. The molecule has 1 heterocycles. The van der Waals surface area contributed by atoms with Crippen LogP contribution in [0.15, 0.2) is 44.4 Å². The van der Waals surface area contributed by atoms with E-state index in [4.69, 9.17) is 4.42 Å². The van der Waals surface area contributed by atoms with Gasteiger partial charge in [0.25, 0.3) is 10.0 Å². The van der Waals surface area contributed by atoms with E-state index in [0.29, 0.717) is 23.3 Å². The molecule has 0 atom stereocenters. The van der Waals surface area contributed by atoms with Gasteiger partial charge < -0.3 is 4.42 Å². The van der Waals surface area contributed by atoms with Crippen LogP contribution >= 0.6 is 0 Å². The summed E-state index contributed by atoms with van der Waals surface area (Å²) in [7, 11) is -3.81. The second-order valence-electron chi connectivity index (χ2n) is 6.12. The Kier molecular flexibility index (Phi) is 4.20. The minimum Gasteiger partial charge on any atom is -0.408 e. The number of nitrogens with zero attached hydrogens (tertiary/aromatic N) is 1. The number of oxazole rings is 1. The molecule has 0 bridgehead atoms. The van der Waals surface area contributed by atoms with E-state index in [9.17, 15) is 13.2 Å². The van der Waals surface area contributed by atoms with Crippen molar-refractivity contribution in [1.29, 1.82) is 0 Å². The van der Waals surface area contributed by atoms with E-state index in [1.54, 1.807) is 19.1 Å². The summed E-state index contributed by atoms with van der Waals surface area (Å²) in [6.07, 6.45) is 0. The molecule has 1 N–H and O–H groups in total. The van der Waals surface area contributed by atoms with Crippen molar-refractivity contribution in [2.24, 2.45) is 0 Å². The largest absolute Gasteiger partial charge is 0.419 e. The van der Waals surface area contributed by atoms with Crippen LogP contribution in [-0.4, -0.2) is 13.0 Å². The second kappa shape index (κ2) is 6.07. The zero-order chi connectivity index (χ0) is 18.4. The number of aryl methyl sites for hydroxylation is 4. The van der Waals surface area contributed by atoms with Crippen molar-refractivity contribution < 1.29 is 12.8 Å². The summed E-state index contributed by atoms with van der Waals surface area (Å²) in [5.74, 6) is -0.492. The average molecular weight is 360 g/mol. The summed E-state index contributed by atoms with van der Waals surface area (Å²) >= 11 is 0. The molecule has 0 saturated heterocycles. The molecule has 1 aromatic heterocycles. The van der Waals surface area contributed by atoms with E-state index < -0.39 is 15.8 Å². The first-order chi connectivity index (χ1) is 11.7. The van der Waals surface area contributed by atoms with Crippen LogP contribution in [0.2, 0.25) is 0 Å². The van der Waals surface area contributed by atoms with Crippen molar-refractivity contribution in [3.63, 3.8) is 0 Å². The molecular weight excluding hydrogens is 340 g/mol. The van der Waals surface area contributed by atoms with Gasteiger partial charge in [-0.25, -0.2) is 13.2 Å². The predicted octanol–water partition coefficient (Wildman–Crippen LogP) is 3.34. The first-order valence-corrected chi connectivity index (χ1v) is 9.45. The summed E-state index contributed by atoms with van der Waals surface area (Å²) < 4.78 is 35.0. The number of hydrogen-bond donors (Lipinski definition) is 1. The Morgan fingerprint density at radius 1 is 1.08 bits per heavy atom. The van der Waals surface area contributed by atoms with Gasteiger partial charge in [0.2, 0.25) is 0 Å². The van der Waals surface area contributed by atoms with Crippen LogP contribution in [0.5, 0.6) is 0 Å². The van der Waals surface area contributed by atoms with Crippen LogP contribution in [0.4, 0.5) is 5.69 Å². The molecule has 0 aliphatic carbocycles. The molecule has 132 valence electrons. The van der Waals surface area contributed by atoms with Crippen LogP contribution < -0.4 is 10.5 Å². The third-order valence-corrected chi connectivity index (χ3v) is 5.72. The number of aromatic nitrogens is 1. The summed E-state index contributed by atoms with van der Waals surface area (Å²) in [5.41, 5.74) is 3.73. The fourth-order valence-corrected chi connectivity index (χ4v) is 4.19. The Hall–Kier alpha value is -2.54. The number of rotatable bonds is 4. The topological polar surface area (TPSA) is 81.3 Å². The molecule has 0 amide bonds. The van der Waals surface area contributed by atoms with Gasteiger partial charge in [-0.05, 0) is 56.5 Å². The molecule has 0 spiro atoms. The molecule has 25 heavy (non-hydrogen) atoms. The number of fused-ring (bicyclic) bond motifs is 1. The highest BCUT2D eigenvalue weighted by Gasteiger charge is 2.21. The van der Waals surface area contributed by atoms with Gasteiger partial charge in [-0.1, -0.05) is 12.1 Å². The molecule has 0 radical (unpaired) electrons. The fourth-order valence-electron chi connectivity index (χ4n) is 2.83. The third-order valence-electron chi connectivity index (χ3n) is 4.21. The maximum atomic E-state index is 12.9. The van der Waals surface area contributed by atoms with E-state index in [2.05, 4.69) is 4.72 Å². The predicted molar refractivity (Wildman–Crippen MR) is 97.6 cm³/mol. The third kappa shape index (κ3) is 3.07. The lowest BCUT2D eigenvalue weighted by Gasteiger charge is -2.13. The molecule has 3 aromatic rings. The first-order valence-electron chi connectivity index (χ1n) is 7.97. The summed E-state index contributed by atoms with van der Waals surface area (Å²) in [6, 6.07) is 8.65. The molecule has 0 aliphatic rings. The number of sulfonamides is 1. The Morgan fingerprint density at radius 3 is 2.48 bits per heavy atom. The second-order valence-corrected chi connectivity index (χ2v) is 7.77. The summed E-state index contributed by atoms with van der Waals surface area (Å²) in [4.78, 5) is 11.9. The normalized spacial score (nSPS) is 11.8. The zero-order valence-electron chi connectivity index (χ0n) is 14.6. The highest BCUT2D eigenvalue weighted by atomic mass is 32.2. The standard InChI is InChI=1S/C18H20N2O4S/c1-5-20-15-9-13(4)17(10-16(15)24-18(20)21)25(22,23)19-14-8-11(2)6-7-12(14)3/h6-10,19H,5H2,1-4H3. The number of anilines is 1. The molecule has 0 fully saturated rings. The molecule has 6 nitrogen and oxygen atoms in total. The van der Waals surface area contributed by atoms with Gasteiger partial charge >= 0.3 is 5.76 Å². The van der Waals surface area contributed by atoms with Gasteiger partial charge in [-0.15, -0.1) is 0 Å². The van der Waals surface area contributed by atoms with Gasteiger partial charge in [0.05, 0.1) is 16.1 Å². The Morgan fingerprint density at radius 2 is 1.80 bits per heavy atom. The summed E-state index contributed by atoms with van der Waals surface area (Å²) in [6.45, 7) is 7.73. The average Bonchev–Trinajstić information content (AvgIpc) is 2.84. The molecule has 0 unspecified atom stereocenters. The van der Waals surface area contributed by atoms with Crippen LogP contribution in [0.25, 0.3) is 11.1 Å². The maximum absolute atomic E-state index is 12.9. The van der Waals surface area contributed by atoms with Gasteiger partial charge in [-0.3, -0.25) is 9.29 Å². The van der Waals surface area contributed by atoms with Crippen molar-refractivity contribution in [1.82, 2.24) is 4.57 Å². The minimum absolute atomic E-state index is 0.0953. The van der Waals surface area contributed by atoms with E-state index in [1.165, 1.54) is 10.6 Å². The maximum Gasteiger partial charge on any atom is 0.419 e. The van der Waals surface area contributed by atoms with Gasteiger partial charge in [-0.2, -0.15) is 0 Å². The van der Waals surface area contributed by atoms with Crippen LogP contribution in [0.3, 0.4) is 0 Å². The molecular formula is C18H20N2O4S. The first kappa shape index (κ1) is 17.3. The Bertz CT molecular complexity index is 1120. The van der Waals surface area contributed by atoms with Gasteiger partial charge in [0.15, 0.2) is 5.58 Å². The lowest BCUT2D eigenvalue weighted by atomic mass is 10.1. The van der Waals surface area contributed by atoms with Crippen LogP contribution in [0, 0.1) is 20.8 Å². The van der Waals surface area contributed by atoms with Gasteiger partial charge in [0.1, 0.15) is 0 Å². The van der Waals surface area contributed by atoms with Crippen molar-refractivity contribution in [3.05, 3.63) is 57.6 Å². The van der Waals surface area contributed by atoms with E-state index in [1.807, 2.05) is 32.9 Å². The fraction of sp³-hybridized carbons (Fsp3) is 0.278. The van der Waals surface area contributed by atoms with Crippen molar-refractivity contribution in [3.8, 4) is 0 Å². The monoisotopic (exact) mass is 360 g/mol. The van der Waals surface area contributed by atoms with E-state index >= 15 is 0 Å². The Balaban J connectivity index is 2.12. The summed E-state index contributed by atoms with van der Waals surface area (Å²) in [5, 5.41) is 0. The van der Waals surface area contributed by atoms with Crippen molar-refractivity contribution in [2.75, 3.05) is 4.72 Å². The van der Waals surface area contributed by atoms with E-state index in [-0.39, 0.29) is 10.5 Å². The number of benzene rings is 2. The SMILES string of the molecule is CCn1c(=O)oc2cc(S(=O)(=O)Nc3cc(C)ccc3C)c(C)cc21. The smallest absolute Gasteiger partial charge is 0.408 e. The lowest BCUT2D eigenvalue weighted by molar-refractivity contribution is 0.512. The molecule has 0 saturated carbocycles. The molecule has 7 heteroatoms. The minimum atomic E-state index is -3.81. The highest BCUT2D eigenvalue weighted by Crippen LogP contribution is 2.26. The number of hydrogen-bond acceptors (Lipinski definition) is 4. The van der Waals surface area contributed by atoms with Crippen molar-refractivity contribution >= 4 is 26.8 Å². The quantitative estimate of drug-likeness (QED) is 0.774.